The SMILES string of the molecule is CC1CC(C)CC(N[C@@H](C)c2ccncc2)C1. The van der Waals surface area contributed by atoms with Crippen molar-refractivity contribution >= 4 is 0 Å². The summed E-state index contributed by atoms with van der Waals surface area (Å²) in [5.74, 6) is 1.72. The Labute approximate surface area is 105 Å². The van der Waals surface area contributed by atoms with Crippen LogP contribution in [-0.2, 0) is 0 Å². The van der Waals surface area contributed by atoms with Gasteiger partial charge in [0.15, 0.2) is 0 Å². The van der Waals surface area contributed by atoms with Gasteiger partial charge in [0.1, 0.15) is 0 Å². The average molecular weight is 232 g/mol. The molecule has 2 unspecified atom stereocenters. The van der Waals surface area contributed by atoms with Gasteiger partial charge in [0, 0.05) is 24.5 Å². The highest BCUT2D eigenvalue weighted by atomic mass is 14.9. The zero-order valence-corrected chi connectivity index (χ0v) is 11.2. The van der Waals surface area contributed by atoms with Gasteiger partial charge in [-0.25, -0.2) is 0 Å². The predicted octanol–water partition coefficient (Wildman–Crippen LogP) is 3.56. The Morgan fingerprint density at radius 3 is 2.29 bits per heavy atom. The monoisotopic (exact) mass is 232 g/mol. The minimum atomic E-state index is 0.431. The number of pyridine rings is 1. The molecule has 94 valence electrons. The minimum Gasteiger partial charge on any atom is -0.307 e. The first-order valence-electron chi connectivity index (χ1n) is 6.81. The van der Waals surface area contributed by atoms with Crippen molar-refractivity contribution in [3.05, 3.63) is 30.1 Å². The quantitative estimate of drug-likeness (QED) is 0.862. The van der Waals surface area contributed by atoms with Crippen LogP contribution in [-0.4, -0.2) is 11.0 Å². The van der Waals surface area contributed by atoms with Crippen molar-refractivity contribution in [2.75, 3.05) is 0 Å². The molecular weight excluding hydrogens is 208 g/mol. The summed E-state index contributed by atoms with van der Waals surface area (Å²) in [7, 11) is 0. The van der Waals surface area contributed by atoms with E-state index in [4.69, 9.17) is 0 Å². The molecule has 0 spiro atoms. The molecule has 0 radical (unpaired) electrons. The number of hydrogen-bond acceptors (Lipinski definition) is 2. The highest BCUT2D eigenvalue weighted by molar-refractivity contribution is 5.14. The first kappa shape index (κ1) is 12.6. The van der Waals surface area contributed by atoms with Crippen molar-refractivity contribution < 1.29 is 0 Å². The van der Waals surface area contributed by atoms with E-state index in [1.165, 1.54) is 24.8 Å². The number of rotatable bonds is 3. The molecule has 2 heteroatoms. The molecule has 1 aromatic heterocycles. The first-order chi connectivity index (χ1) is 8.15. The largest absolute Gasteiger partial charge is 0.307 e. The lowest BCUT2D eigenvalue weighted by molar-refractivity contribution is 0.228. The van der Waals surface area contributed by atoms with Gasteiger partial charge in [-0.05, 0) is 55.7 Å². The van der Waals surface area contributed by atoms with Crippen molar-refractivity contribution in [3.8, 4) is 0 Å². The summed E-state index contributed by atoms with van der Waals surface area (Å²) in [6.07, 6.45) is 7.78. The van der Waals surface area contributed by atoms with E-state index in [0.717, 1.165) is 11.8 Å². The predicted molar refractivity (Wildman–Crippen MR) is 71.8 cm³/mol. The van der Waals surface area contributed by atoms with Gasteiger partial charge < -0.3 is 5.32 Å². The molecule has 2 nitrogen and oxygen atoms in total. The third-order valence-corrected chi connectivity index (χ3v) is 3.87. The summed E-state index contributed by atoms with van der Waals surface area (Å²) in [5.41, 5.74) is 1.34. The second-order valence-corrected chi connectivity index (χ2v) is 5.78. The van der Waals surface area contributed by atoms with Crippen molar-refractivity contribution in [2.24, 2.45) is 11.8 Å². The van der Waals surface area contributed by atoms with Crippen LogP contribution in [0.25, 0.3) is 0 Å². The van der Waals surface area contributed by atoms with E-state index in [2.05, 4.69) is 43.2 Å². The third kappa shape index (κ3) is 3.53. The second kappa shape index (κ2) is 5.63. The van der Waals surface area contributed by atoms with Crippen LogP contribution in [0.3, 0.4) is 0 Å². The van der Waals surface area contributed by atoms with E-state index in [1.807, 2.05) is 12.4 Å². The van der Waals surface area contributed by atoms with Crippen LogP contribution in [0.1, 0.15) is 51.6 Å². The molecule has 0 amide bonds. The second-order valence-electron chi connectivity index (χ2n) is 5.78. The lowest BCUT2D eigenvalue weighted by Crippen LogP contribution is -2.37. The third-order valence-electron chi connectivity index (χ3n) is 3.87. The van der Waals surface area contributed by atoms with Gasteiger partial charge in [-0.3, -0.25) is 4.98 Å². The van der Waals surface area contributed by atoms with Crippen molar-refractivity contribution in [3.63, 3.8) is 0 Å². The smallest absolute Gasteiger partial charge is 0.0295 e. The number of aromatic nitrogens is 1. The molecule has 1 heterocycles. The van der Waals surface area contributed by atoms with Crippen LogP contribution in [0, 0.1) is 11.8 Å². The summed E-state index contributed by atoms with van der Waals surface area (Å²) >= 11 is 0. The lowest BCUT2D eigenvalue weighted by atomic mass is 9.80. The van der Waals surface area contributed by atoms with Gasteiger partial charge in [-0.15, -0.1) is 0 Å². The summed E-state index contributed by atoms with van der Waals surface area (Å²) < 4.78 is 0. The molecule has 3 atom stereocenters. The Morgan fingerprint density at radius 2 is 1.71 bits per heavy atom. The van der Waals surface area contributed by atoms with Crippen molar-refractivity contribution in [2.45, 2.75) is 52.1 Å². The van der Waals surface area contributed by atoms with E-state index >= 15 is 0 Å². The summed E-state index contributed by atoms with van der Waals surface area (Å²) in [6.45, 7) is 7.00. The summed E-state index contributed by atoms with van der Waals surface area (Å²) in [5, 5.41) is 3.77. The van der Waals surface area contributed by atoms with Gasteiger partial charge >= 0.3 is 0 Å². The van der Waals surface area contributed by atoms with Gasteiger partial charge in [0.05, 0.1) is 0 Å². The van der Waals surface area contributed by atoms with E-state index in [9.17, 15) is 0 Å². The Bertz CT molecular complexity index is 326. The molecule has 1 N–H and O–H groups in total. The fraction of sp³-hybridized carbons (Fsp3) is 0.667. The minimum absolute atomic E-state index is 0.431. The molecule has 0 aliphatic heterocycles. The van der Waals surface area contributed by atoms with Crippen LogP contribution in [0.15, 0.2) is 24.5 Å². The first-order valence-corrected chi connectivity index (χ1v) is 6.81. The van der Waals surface area contributed by atoms with Crippen LogP contribution in [0.4, 0.5) is 0 Å². The lowest BCUT2D eigenvalue weighted by Gasteiger charge is -2.34. The van der Waals surface area contributed by atoms with Gasteiger partial charge in [-0.1, -0.05) is 13.8 Å². The molecule has 0 aromatic carbocycles. The number of hydrogen-bond donors (Lipinski definition) is 1. The van der Waals surface area contributed by atoms with Crippen LogP contribution < -0.4 is 5.32 Å². The van der Waals surface area contributed by atoms with E-state index < -0.39 is 0 Å². The Hall–Kier alpha value is -0.890. The fourth-order valence-corrected chi connectivity index (χ4v) is 3.18. The topological polar surface area (TPSA) is 24.9 Å². The summed E-state index contributed by atoms with van der Waals surface area (Å²) in [6, 6.07) is 5.32. The Kier molecular flexibility index (Phi) is 4.16. The molecule has 1 aliphatic rings. The Balaban J connectivity index is 1.92. The van der Waals surface area contributed by atoms with E-state index in [0.29, 0.717) is 12.1 Å². The van der Waals surface area contributed by atoms with Crippen LogP contribution >= 0.6 is 0 Å². The molecular formula is C15H24N2. The highest BCUT2D eigenvalue weighted by Gasteiger charge is 2.24. The highest BCUT2D eigenvalue weighted by Crippen LogP contribution is 2.29. The van der Waals surface area contributed by atoms with Crippen LogP contribution in [0.5, 0.6) is 0 Å². The average Bonchev–Trinajstić information content (AvgIpc) is 2.28. The fourth-order valence-electron chi connectivity index (χ4n) is 3.18. The normalized spacial score (nSPS) is 31.1. The molecule has 1 aliphatic carbocycles. The maximum absolute atomic E-state index is 4.07. The van der Waals surface area contributed by atoms with Gasteiger partial charge in [0.2, 0.25) is 0 Å². The molecule has 1 fully saturated rings. The van der Waals surface area contributed by atoms with Crippen LogP contribution in [0.2, 0.25) is 0 Å². The molecule has 1 aromatic rings. The van der Waals surface area contributed by atoms with E-state index in [1.54, 1.807) is 0 Å². The van der Waals surface area contributed by atoms with Crippen molar-refractivity contribution in [1.82, 2.24) is 10.3 Å². The Morgan fingerprint density at radius 1 is 1.12 bits per heavy atom. The molecule has 1 saturated carbocycles. The maximum atomic E-state index is 4.07. The molecule has 0 bridgehead atoms. The molecule has 0 saturated heterocycles. The zero-order chi connectivity index (χ0) is 12.3. The molecule has 17 heavy (non-hydrogen) atoms. The van der Waals surface area contributed by atoms with E-state index in [-0.39, 0.29) is 0 Å². The van der Waals surface area contributed by atoms with Gasteiger partial charge in [0.25, 0.3) is 0 Å². The maximum Gasteiger partial charge on any atom is 0.0295 e. The van der Waals surface area contributed by atoms with Crippen molar-refractivity contribution in [1.29, 1.82) is 0 Å². The standard InChI is InChI=1S/C15H24N2/c1-11-8-12(2)10-15(9-11)17-13(3)14-4-6-16-7-5-14/h4-7,11-13,15,17H,8-10H2,1-3H3/t11?,12?,13-,15?/m0/s1. The summed E-state index contributed by atoms with van der Waals surface area (Å²) in [4.78, 5) is 4.07. The zero-order valence-electron chi connectivity index (χ0n) is 11.2. The molecule has 2 rings (SSSR count). The van der Waals surface area contributed by atoms with Gasteiger partial charge in [-0.2, -0.15) is 0 Å². The number of nitrogens with one attached hydrogen (secondary N) is 1. The number of nitrogens with zero attached hydrogens (tertiary/aromatic N) is 1.